The summed E-state index contributed by atoms with van der Waals surface area (Å²) in [5.41, 5.74) is 8.33. The number of fused-ring (bicyclic) bond motifs is 2. The Labute approximate surface area is 357 Å². The van der Waals surface area contributed by atoms with E-state index in [2.05, 4.69) is 25.4 Å². The average molecular weight is 854 g/mol. The summed E-state index contributed by atoms with van der Waals surface area (Å²) < 4.78 is 46.7. The third-order valence-corrected chi connectivity index (χ3v) is 14.2. The second-order valence-corrected chi connectivity index (χ2v) is 17.9. The van der Waals surface area contributed by atoms with Crippen molar-refractivity contribution >= 4 is 40.0 Å². The van der Waals surface area contributed by atoms with Crippen LogP contribution in [0.3, 0.4) is 0 Å². The SMILES string of the molecule is Cc1nn([C@@H]2CCC(=O)NC2=O)c2cccc(OC3CC(C4CCN(CC5CCC(n6cc(N7CCOC[C@H]7c7nn8cccnc8c7C(N)=O)c(C(F)F)n6)CC5)CC4)C3)c12. The number of ether oxygens (including phenoxy) is 2. The highest BCUT2D eigenvalue weighted by atomic mass is 19.3. The van der Waals surface area contributed by atoms with Crippen LogP contribution in [0.2, 0.25) is 0 Å². The minimum Gasteiger partial charge on any atom is -0.490 e. The number of amides is 3. The maximum Gasteiger partial charge on any atom is 0.284 e. The van der Waals surface area contributed by atoms with E-state index >= 15 is 0 Å². The molecule has 1 aromatic carbocycles. The first kappa shape index (κ1) is 40.6. The van der Waals surface area contributed by atoms with Gasteiger partial charge in [-0.3, -0.25) is 29.1 Å². The van der Waals surface area contributed by atoms with E-state index in [1.165, 1.54) is 17.4 Å². The Balaban J connectivity index is 0.717. The molecule has 0 radical (unpaired) electrons. The molecule has 2 saturated carbocycles. The molecule has 2 atom stereocenters. The lowest BCUT2D eigenvalue weighted by Crippen LogP contribution is -2.44. The smallest absolute Gasteiger partial charge is 0.284 e. The number of imide groups is 1. The van der Waals surface area contributed by atoms with E-state index in [9.17, 15) is 23.2 Å². The fraction of sp³-hybridized carbons (Fsp3) is 0.568. The van der Waals surface area contributed by atoms with E-state index in [0.717, 1.165) is 80.5 Å². The van der Waals surface area contributed by atoms with Crippen LogP contribution in [-0.2, 0) is 14.3 Å². The average Bonchev–Trinajstić information content (AvgIpc) is 3.97. The molecular weight excluding hydrogens is 801 g/mol. The topological polar surface area (TPSA) is 180 Å². The fourth-order valence-corrected chi connectivity index (χ4v) is 10.9. The van der Waals surface area contributed by atoms with Gasteiger partial charge in [-0.25, -0.2) is 18.3 Å². The van der Waals surface area contributed by atoms with Gasteiger partial charge in [-0.15, -0.1) is 0 Å². The summed E-state index contributed by atoms with van der Waals surface area (Å²) in [7, 11) is 0. The van der Waals surface area contributed by atoms with Crippen LogP contribution < -0.4 is 20.7 Å². The van der Waals surface area contributed by atoms with E-state index in [1.54, 1.807) is 34.0 Å². The molecule has 3 saturated heterocycles. The predicted octanol–water partition coefficient (Wildman–Crippen LogP) is 5.48. The number of aromatic nitrogens is 7. The second-order valence-electron chi connectivity index (χ2n) is 17.9. The molecule has 7 heterocycles. The van der Waals surface area contributed by atoms with Crippen molar-refractivity contribution in [1.82, 2.24) is 44.4 Å². The number of morpholine rings is 1. The van der Waals surface area contributed by atoms with Gasteiger partial charge in [0.1, 0.15) is 23.0 Å². The van der Waals surface area contributed by atoms with Gasteiger partial charge in [-0.1, -0.05) is 6.07 Å². The van der Waals surface area contributed by atoms with E-state index in [4.69, 9.17) is 20.3 Å². The van der Waals surface area contributed by atoms with Gasteiger partial charge in [-0.05, 0) is 114 Å². The molecular formula is C44H53F2N11O5. The van der Waals surface area contributed by atoms with Crippen molar-refractivity contribution in [2.45, 2.75) is 102 Å². The lowest BCUT2D eigenvalue weighted by atomic mass is 9.70. The number of nitrogens with zero attached hydrogens (tertiary/aromatic N) is 9. The summed E-state index contributed by atoms with van der Waals surface area (Å²) in [4.78, 5) is 45.8. The molecule has 18 heteroatoms. The minimum atomic E-state index is -2.78. The molecule has 0 bridgehead atoms. The number of piperidine rings is 2. The van der Waals surface area contributed by atoms with Crippen LogP contribution in [-0.4, -0.2) is 102 Å². The molecule has 3 amide bonds. The number of anilines is 1. The van der Waals surface area contributed by atoms with Crippen LogP contribution in [0, 0.1) is 24.7 Å². The molecule has 0 unspecified atom stereocenters. The lowest BCUT2D eigenvalue weighted by molar-refractivity contribution is -0.135. The van der Waals surface area contributed by atoms with Crippen LogP contribution >= 0.6 is 0 Å². The number of halogens is 2. The number of hydrogen-bond donors (Lipinski definition) is 2. The van der Waals surface area contributed by atoms with E-state index in [-0.39, 0.29) is 41.8 Å². The van der Waals surface area contributed by atoms with Crippen molar-refractivity contribution in [2.75, 3.05) is 44.3 Å². The monoisotopic (exact) mass is 853 g/mol. The molecule has 10 rings (SSSR count). The molecule has 0 spiro atoms. The Bertz CT molecular complexity index is 2480. The zero-order valence-electron chi connectivity index (χ0n) is 34.9. The summed E-state index contributed by atoms with van der Waals surface area (Å²) in [5.74, 6) is 1.45. The number of rotatable bonds is 11. The number of likely N-dealkylation sites (tertiary alicyclic amines) is 1. The molecule has 5 fully saturated rings. The van der Waals surface area contributed by atoms with E-state index in [0.29, 0.717) is 60.8 Å². The Hall–Kier alpha value is -5.49. The number of hydrogen-bond acceptors (Lipinski definition) is 11. The highest BCUT2D eigenvalue weighted by Crippen LogP contribution is 2.44. The van der Waals surface area contributed by atoms with Crippen molar-refractivity contribution in [3.63, 3.8) is 0 Å². The Morgan fingerprint density at radius 1 is 0.984 bits per heavy atom. The van der Waals surface area contributed by atoms with E-state index in [1.807, 2.05) is 30.0 Å². The van der Waals surface area contributed by atoms with Gasteiger partial charge >= 0.3 is 0 Å². The molecule has 2 aliphatic carbocycles. The number of benzene rings is 1. The van der Waals surface area contributed by atoms with Gasteiger partial charge < -0.3 is 25.0 Å². The first-order valence-corrected chi connectivity index (χ1v) is 22.1. The summed E-state index contributed by atoms with van der Waals surface area (Å²) in [5, 5.41) is 17.2. The zero-order chi connectivity index (χ0) is 42.6. The third kappa shape index (κ3) is 7.58. The maximum atomic E-state index is 14.7. The minimum absolute atomic E-state index is 0.0227. The van der Waals surface area contributed by atoms with Crippen LogP contribution in [0.1, 0.15) is 116 Å². The standard InChI is InChI=1S/C44H53F2N11O5/c1-25-37-31(57(50-25)32-10-11-36(58)49-44(32)60)4-2-5-35(37)62-30-20-28(21-30)27-12-16-53(17-13-27)22-26-6-8-29(9-7-26)56-23-33(40(52-56)41(45)46)54-18-19-61-24-34(54)39-38(42(47)59)43-48-14-3-15-55(43)51-39/h2-5,14-15,23,26-30,32,34,41H,6-13,16-22,24H2,1H3,(H2,47,59)(H,49,58,60)/t26?,28?,29?,30?,32-,34+/m1/s1. The molecule has 5 aromatic rings. The quantitative estimate of drug-likeness (QED) is 0.161. The van der Waals surface area contributed by atoms with Gasteiger partial charge in [0.25, 0.3) is 18.2 Å². The Morgan fingerprint density at radius 2 is 1.79 bits per heavy atom. The van der Waals surface area contributed by atoms with Crippen molar-refractivity contribution in [3.8, 4) is 5.75 Å². The molecule has 62 heavy (non-hydrogen) atoms. The first-order valence-electron chi connectivity index (χ1n) is 22.1. The highest BCUT2D eigenvalue weighted by molar-refractivity contribution is 6.01. The van der Waals surface area contributed by atoms with Crippen LogP contribution in [0.25, 0.3) is 16.6 Å². The van der Waals surface area contributed by atoms with Crippen LogP contribution in [0.15, 0.2) is 42.9 Å². The maximum absolute atomic E-state index is 14.7. The zero-order valence-corrected chi connectivity index (χ0v) is 34.9. The Morgan fingerprint density at radius 3 is 2.55 bits per heavy atom. The number of carbonyl (C=O) groups is 3. The number of nitrogens with one attached hydrogen (secondary N) is 1. The highest BCUT2D eigenvalue weighted by Gasteiger charge is 2.40. The summed E-state index contributed by atoms with van der Waals surface area (Å²) in [6, 6.07) is 6.48. The van der Waals surface area contributed by atoms with Gasteiger partial charge in [0, 0.05) is 38.1 Å². The van der Waals surface area contributed by atoms with Crippen molar-refractivity contribution < 1.29 is 32.6 Å². The summed E-state index contributed by atoms with van der Waals surface area (Å²) in [6.07, 6.45) is 11.3. The van der Waals surface area contributed by atoms with Crippen molar-refractivity contribution in [1.29, 1.82) is 0 Å². The van der Waals surface area contributed by atoms with Gasteiger partial charge in [0.15, 0.2) is 11.3 Å². The molecule has 3 aliphatic heterocycles. The van der Waals surface area contributed by atoms with Crippen molar-refractivity contribution in [2.24, 2.45) is 23.5 Å². The first-order chi connectivity index (χ1) is 30.1. The van der Waals surface area contributed by atoms with Crippen molar-refractivity contribution in [3.05, 3.63) is 65.5 Å². The number of primary amides is 1. The van der Waals surface area contributed by atoms with Crippen LogP contribution in [0.4, 0.5) is 14.5 Å². The number of nitrogens with two attached hydrogens (primary N) is 1. The fourth-order valence-electron chi connectivity index (χ4n) is 10.9. The Kier molecular flexibility index (Phi) is 10.9. The van der Waals surface area contributed by atoms with E-state index < -0.39 is 24.4 Å². The lowest BCUT2D eigenvalue weighted by Gasteiger charge is -2.44. The third-order valence-electron chi connectivity index (χ3n) is 14.2. The predicted molar refractivity (Wildman–Crippen MR) is 223 cm³/mol. The normalized spacial score (nSPS) is 26.6. The summed E-state index contributed by atoms with van der Waals surface area (Å²) >= 11 is 0. The van der Waals surface area contributed by atoms with Gasteiger partial charge in [0.05, 0.1) is 53.7 Å². The molecule has 4 aromatic heterocycles. The van der Waals surface area contributed by atoms with Gasteiger partial charge in [-0.2, -0.15) is 15.3 Å². The van der Waals surface area contributed by atoms with Crippen LogP contribution in [0.5, 0.6) is 5.75 Å². The largest absolute Gasteiger partial charge is 0.490 e. The number of alkyl halides is 2. The van der Waals surface area contributed by atoms with Gasteiger partial charge in [0.2, 0.25) is 5.91 Å². The summed E-state index contributed by atoms with van der Waals surface area (Å²) in [6.45, 7) is 5.99. The molecule has 16 nitrogen and oxygen atoms in total. The molecule has 3 N–H and O–H groups in total. The molecule has 5 aliphatic rings. The molecule has 328 valence electrons. The number of carbonyl (C=O) groups excluding carboxylic acids is 3. The number of aryl methyl sites for hydroxylation is 1. The second kappa shape index (κ2) is 16.7.